The van der Waals surface area contributed by atoms with Gasteiger partial charge in [-0.3, -0.25) is 4.79 Å². The Morgan fingerprint density at radius 1 is 1.44 bits per heavy atom. The van der Waals surface area contributed by atoms with Gasteiger partial charge in [0.15, 0.2) is 6.29 Å². The predicted molar refractivity (Wildman–Crippen MR) is 61.8 cm³/mol. The van der Waals surface area contributed by atoms with Crippen molar-refractivity contribution in [2.24, 2.45) is 0 Å². The molecule has 4 nitrogen and oxygen atoms in total. The van der Waals surface area contributed by atoms with Crippen molar-refractivity contribution in [1.82, 2.24) is 4.98 Å². The summed E-state index contributed by atoms with van der Waals surface area (Å²) in [6.07, 6.45) is 2.91. The fourth-order valence-corrected chi connectivity index (χ4v) is 2.12. The van der Waals surface area contributed by atoms with Crippen LogP contribution in [0.2, 0.25) is 0 Å². The first-order valence-corrected chi connectivity index (χ1v) is 5.51. The second-order valence-electron chi connectivity index (χ2n) is 4.20. The van der Waals surface area contributed by atoms with Gasteiger partial charge in [-0.25, -0.2) is 4.98 Å². The number of hydrogen-bond acceptors (Lipinski definition) is 4. The molecule has 16 heavy (non-hydrogen) atoms. The Kier molecular flexibility index (Phi) is 3.19. The summed E-state index contributed by atoms with van der Waals surface area (Å²) in [5.74, 6) is 0.763. The van der Waals surface area contributed by atoms with Gasteiger partial charge < -0.3 is 9.64 Å². The van der Waals surface area contributed by atoms with Gasteiger partial charge in [0.2, 0.25) is 0 Å². The van der Waals surface area contributed by atoms with E-state index in [1.54, 1.807) is 18.3 Å². The van der Waals surface area contributed by atoms with Gasteiger partial charge >= 0.3 is 0 Å². The number of rotatable bonds is 2. The van der Waals surface area contributed by atoms with E-state index >= 15 is 0 Å². The van der Waals surface area contributed by atoms with Crippen molar-refractivity contribution >= 4 is 12.1 Å². The maximum atomic E-state index is 10.9. The highest BCUT2D eigenvalue weighted by Gasteiger charge is 2.24. The van der Waals surface area contributed by atoms with Gasteiger partial charge in [-0.15, -0.1) is 0 Å². The average Bonchev–Trinajstić information content (AvgIpc) is 2.27. The Morgan fingerprint density at radius 3 is 2.75 bits per heavy atom. The van der Waals surface area contributed by atoms with Crippen LogP contribution in [0.5, 0.6) is 0 Å². The molecule has 86 valence electrons. The van der Waals surface area contributed by atoms with Gasteiger partial charge in [0.05, 0.1) is 17.8 Å². The van der Waals surface area contributed by atoms with Crippen LogP contribution in [-0.2, 0) is 4.74 Å². The van der Waals surface area contributed by atoms with Crippen molar-refractivity contribution in [2.45, 2.75) is 26.1 Å². The summed E-state index contributed by atoms with van der Waals surface area (Å²) in [5.41, 5.74) is 0.642. The number of carbonyl (C=O) groups excluding carboxylic acids is 1. The lowest BCUT2D eigenvalue weighted by Crippen LogP contribution is -2.46. The summed E-state index contributed by atoms with van der Waals surface area (Å²) in [5, 5.41) is 0. The van der Waals surface area contributed by atoms with Gasteiger partial charge in [0.25, 0.3) is 0 Å². The molecule has 0 N–H and O–H groups in total. The van der Waals surface area contributed by atoms with E-state index in [9.17, 15) is 4.79 Å². The molecule has 0 saturated carbocycles. The van der Waals surface area contributed by atoms with Crippen LogP contribution in [0, 0.1) is 0 Å². The van der Waals surface area contributed by atoms with E-state index in [0.29, 0.717) is 5.56 Å². The third kappa shape index (κ3) is 2.22. The van der Waals surface area contributed by atoms with Gasteiger partial charge in [0.1, 0.15) is 5.82 Å². The number of hydrogen-bond donors (Lipinski definition) is 0. The minimum atomic E-state index is 0.172. The van der Waals surface area contributed by atoms with Gasteiger partial charge in [-0.1, -0.05) is 0 Å². The Morgan fingerprint density at radius 2 is 2.12 bits per heavy atom. The Bertz CT molecular complexity index is 371. The van der Waals surface area contributed by atoms with E-state index in [2.05, 4.69) is 9.88 Å². The number of aromatic nitrogens is 1. The smallest absolute Gasteiger partial charge is 0.153 e. The van der Waals surface area contributed by atoms with Crippen molar-refractivity contribution < 1.29 is 9.53 Å². The quantitative estimate of drug-likeness (QED) is 0.708. The van der Waals surface area contributed by atoms with Crippen molar-refractivity contribution in [3.63, 3.8) is 0 Å². The summed E-state index contributed by atoms with van der Waals surface area (Å²) in [6, 6.07) is 3.57. The largest absolute Gasteiger partial charge is 0.372 e. The SMILES string of the molecule is CC1CN(c2ncccc2C=O)CC(C)O1. The molecule has 2 unspecified atom stereocenters. The lowest BCUT2D eigenvalue weighted by molar-refractivity contribution is -0.00549. The first-order chi connectivity index (χ1) is 7.70. The lowest BCUT2D eigenvalue weighted by atomic mass is 10.2. The molecule has 0 amide bonds. The van der Waals surface area contributed by atoms with E-state index < -0.39 is 0 Å². The normalized spacial score (nSPS) is 25.5. The molecule has 0 radical (unpaired) electrons. The zero-order valence-electron chi connectivity index (χ0n) is 9.59. The van der Waals surface area contributed by atoms with E-state index in [1.165, 1.54) is 0 Å². The summed E-state index contributed by atoms with van der Waals surface area (Å²) < 4.78 is 5.65. The van der Waals surface area contributed by atoms with E-state index in [4.69, 9.17) is 4.74 Å². The van der Waals surface area contributed by atoms with Gasteiger partial charge in [-0.2, -0.15) is 0 Å². The number of anilines is 1. The topological polar surface area (TPSA) is 42.4 Å². The van der Waals surface area contributed by atoms with Crippen molar-refractivity contribution in [2.75, 3.05) is 18.0 Å². The minimum absolute atomic E-state index is 0.172. The number of pyridine rings is 1. The molecule has 1 aromatic rings. The van der Waals surface area contributed by atoms with Gasteiger partial charge in [-0.05, 0) is 26.0 Å². The highest BCUT2D eigenvalue weighted by atomic mass is 16.5. The van der Waals surface area contributed by atoms with Crippen molar-refractivity contribution in [3.05, 3.63) is 23.9 Å². The van der Waals surface area contributed by atoms with Gasteiger partial charge in [0, 0.05) is 19.3 Å². The van der Waals surface area contributed by atoms with Crippen LogP contribution in [0.1, 0.15) is 24.2 Å². The highest BCUT2D eigenvalue weighted by Crippen LogP contribution is 2.20. The fourth-order valence-electron chi connectivity index (χ4n) is 2.12. The van der Waals surface area contributed by atoms with Crippen LogP contribution in [-0.4, -0.2) is 36.6 Å². The standard InChI is InChI=1S/C12H16N2O2/c1-9-6-14(7-10(2)16-9)12-11(8-15)4-3-5-13-12/h3-5,8-10H,6-7H2,1-2H3. The molecule has 0 bridgehead atoms. The fraction of sp³-hybridized carbons (Fsp3) is 0.500. The second kappa shape index (κ2) is 4.61. The molecule has 1 saturated heterocycles. The van der Waals surface area contributed by atoms with E-state index in [1.807, 2.05) is 13.8 Å². The van der Waals surface area contributed by atoms with Crippen molar-refractivity contribution in [1.29, 1.82) is 0 Å². The van der Waals surface area contributed by atoms with Crippen molar-refractivity contribution in [3.8, 4) is 0 Å². The molecule has 0 aromatic carbocycles. The molecular formula is C12H16N2O2. The maximum Gasteiger partial charge on any atom is 0.153 e. The molecule has 2 atom stereocenters. The Balaban J connectivity index is 2.25. The third-order valence-electron chi connectivity index (χ3n) is 2.66. The monoisotopic (exact) mass is 220 g/mol. The first kappa shape index (κ1) is 11.1. The molecule has 2 heterocycles. The summed E-state index contributed by atoms with van der Waals surface area (Å²) in [4.78, 5) is 17.3. The lowest BCUT2D eigenvalue weighted by Gasteiger charge is -2.36. The molecular weight excluding hydrogens is 204 g/mol. The molecule has 0 aliphatic carbocycles. The summed E-state index contributed by atoms with van der Waals surface area (Å²) in [6.45, 7) is 5.63. The molecule has 1 aromatic heterocycles. The van der Waals surface area contributed by atoms with Crippen LogP contribution >= 0.6 is 0 Å². The number of nitrogens with zero attached hydrogens (tertiary/aromatic N) is 2. The predicted octanol–water partition coefficient (Wildman–Crippen LogP) is 1.51. The molecule has 0 spiro atoms. The molecule has 1 aliphatic rings. The number of ether oxygens (including phenoxy) is 1. The number of carbonyl (C=O) groups is 1. The number of morpholine rings is 1. The number of aldehydes is 1. The third-order valence-corrected chi connectivity index (χ3v) is 2.66. The molecule has 1 fully saturated rings. The van der Waals surface area contributed by atoms with E-state index in [0.717, 1.165) is 25.2 Å². The van der Waals surface area contributed by atoms with Crippen LogP contribution in [0.15, 0.2) is 18.3 Å². The Hall–Kier alpha value is -1.42. The summed E-state index contributed by atoms with van der Waals surface area (Å²) in [7, 11) is 0. The van der Waals surface area contributed by atoms with Crippen LogP contribution in [0.25, 0.3) is 0 Å². The summed E-state index contributed by atoms with van der Waals surface area (Å²) >= 11 is 0. The molecule has 1 aliphatic heterocycles. The Labute approximate surface area is 95.2 Å². The highest BCUT2D eigenvalue weighted by molar-refractivity contribution is 5.82. The second-order valence-corrected chi connectivity index (χ2v) is 4.20. The minimum Gasteiger partial charge on any atom is -0.372 e. The molecule has 4 heteroatoms. The first-order valence-electron chi connectivity index (χ1n) is 5.51. The van der Waals surface area contributed by atoms with Crippen LogP contribution < -0.4 is 4.90 Å². The van der Waals surface area contributed by atoms with Crippen LogP contribution in [0.4, 0.5) is 5.82 Å². The van der Waals surface area contributed by atoms with Crippen LogP contribution in [0.3, 0.4) is 0 Å². The maximum absolute atomic E-state index is 10.9. The zero-order valence-corrected chi connectivity index (χ0v) is 9.59. The van der Waals surface area contributed by atoms with E-state index in [-0.39, 0.29) is 12.2 Å². The zero-order chi connectivity index (χ0) is 11.5. The molecule has 2 rings (SSSR count). The average molecular weight is 220 g/mol.